The summed E-state index contributed by atoms with van der Waals surface area (Å²) in [4.78, 5) is 25.9. The van der Waals surface area contributed by atoms with E-state index in [9.17, 15) is 9.59 Å². The van der Waals surface area contributed by atoms with Gasteiger partial charge in [0.15, 0.2) is 0 Å². The van der Waals surface area contributed by atoms with E-state index < -0.39 is 0 Å². The third-order valence-corrected chi connectivity index (χ3v) is 3.99. The average Bonchev–Trinajstić information content (AvgIpc) is 2.61. The summed E-state index contributed by atoms with van der Waals surface area (Å²) in [5, 5.41) is 2.68. The van der Waals surface area contributed by atoms with Crippen LogP contribution in [0.1, 0.15) is 23.2 Å². The molecule has 1 fully saturated rings. The van der Waals surface area contributed by atoms with E-state index in [-0.39, 0.29) is 18.4 Å². The molecule has 1 saturated heterocycles. The van der Waals surface area contributed by atoms with Crippen molar-refractivity contribution >= 4 is 11.8 Å². The van der Waals surface area contributed by atoms with Crippen molar-refractivity contribution in [2.24, 2.45) is 5.92 Å². The van der Waals surface area contributed by atoms with Crippen molar-refractivity contribution in [1.29, 1.82) is 0 Å². The lowest BCUT2D eigenvalue weighted by Gasteiger charge is -2.31. The second kappa shape index (κ2) is 9.10. The van der Waals surface area contributed by atoms with Crippen molar-refractivity contribution in [1.82, 2.24) is 10.2 Å². The maximum Gasteiger partial charge on any atom is 0.251 e. The molecule has 0 atom stereocenters. The molecule has 23 heavy (non-hydrogen) atoms. The Bertz CT molecular complexity index is 522. The summed E-state index contributed by atoms with van der Waals surface area (Å²) in [5.74, 6) is 0.254. The third kappa shape index (κ3) is 5.53. The molecule has 1 aliphatic heterocycles. The topological polar surface area (TPSA) is 58.6 Å². The lowest BCUT2D eigenvalue weighted by atomic mass is 9.98. The molecule has 0 spiro atoms. The molecule has 1 heterocycles. The molecule has 0 bridgehead atoms. The first kappa shape index (κ1) is 17.2. The second-order valence-corrected chi connectivity index (χ2v) is 5.70. The molecule has 1 aromatic rings. The van der Waals surface area contributed by atoms with Gasteiger partial charge in [-0.1, -0.05) is 24.3 Å². The lowest BCUT2D eigenvalue weighted by molar-refractivity contribution is -0.131. The van der Waals surface area contributed by atoms with Crippen LogP contribution in [-0.2, 0) is 9.53 Å². The maximum atomic E-state index is 12.2. The van der Waals surface area contributed by atoms with Crippen molar-refractivity contribution < 1.29 is 14.3 Å². The molecule has 5 heteroatoms. The second-order valence-electron chi connectivity index (χ2n) is 5.70. The fourth-order valence-electron chi connectivity index (χ4n) is 2.63. The molecular weight excluding hydrogens is 292 g/mol. The summed E-state index contributed by atoms with van der Waals surface area (Å²) in [6.07, 6.45) is 3.62. The van der Waals surface area contributed by atoms with E-state index in [1.165, 1.54) is 0 Å². The minimum atomic E-state index is -0.216. The number of hydrogen-bond acceptors (Lipinski definition) is 3. The van der Waals surface area contributed by atoms with Gasteiger partial charge in [0.25, 0.3) is 5.91 Å². The molecule has 124 valence electrons. The van der Waals surface area contributed by atoms with Gasteiger partial charge >= 0.3 is 0 Å². The molecular formula is C18H24N2O3. The summed E-state index contributed by atoms with van der Waals surface area (Å²) >= 11 is 0. The highest BCUT2D eigenvalue weighted by atomic mass is 16.5. The molecule has 1 aromatic carbocycles. The minimum Gasteiger partial charge on any atom is -0.377 e. The number of carbonyl (C=O) groups excluding carboxylic acids is 2. The molecule has 0 aliphatic carbocycles. The minimum absolute atomic E-state index is 0.0280. The Kier molecular flexibility index (Phi) is 6.81. The van der Waals surface area contributed by atoms with E-state index in [0.29, 0.717) is 18.1 Å². The van der Waals surface area contributed by atoms with Crippen LogP contribution in [0.15, 0.2) is 43.0 Å². The number of carbonyl (C=O) groups is 2. The van der Waals surface area contributed by atoms with Crippen LogP contribution in [0.4, 0.5) is 0 Å². The first-order valence-electron chi connectivity index (χ1n) is 8.00. The number of benzene rings is 1. The molecule has 2 amide bonds. The highest BCUT2D eigenvalue weighted by molar-refractivity contribution is 5.96. The Morgan fingerprint density at radius 3 is 2.61 bits per heavy atom. The van der Waals surface area contributed by atoms with E-state index in [4.69, 9.17) is 4.74 Å². The lowest BCUT2D eigenvalue weighted by Crippen LogP contribution is -2.44. The van der Waals surface area contributed by atoms with Crippen LogP contribution >= 0.6 is 0 Å². The fraction of sp³-hybridized carbons (Fsp3) is 0.444. The first-order valence-corrected chi connectivity index (χ1v) is 8.00. The summed E-state index contributed by atoms with van der Waals surface area (Å²) in [6.45, 7) is 6.41. The molecule has 2 rings (SSSR count). The van der Waals surface area contributed by atoms with Crippen molar-refractivity contribution in [3.05, 3.63) is 48.6 Å². The number of nitrogens with one attached hydrogen (secondary N) is 1. The van der Waals surface area contributed by atoms with Crippen LogP contribution in [0.5, 0.6) is 0 Å². The van der Waals surface area contributed by atoms with Crippen molar-refractivity contribution in [3.63, 3.8) is 0 Å². The SMILES string of the molecule is C=CCOCC1CCN(C(=O)CNC(=O)c2ccccc2)CC1. The molecule has 0 unspecified atom stereocenters. The van der Waals surface area contributed by atoms with Gasteiger partial charge in [-0.05, 0) is 30.9 Å². The van der Waals surface area contributed by atoms with Crippen LogP contribution in [0, 0.1) is 5.92 Å². The first-order chi connectivity index (χ1) is 11.2. The quantitative estimate of drug-likeness (QED) is 0.617. The van der Waals surface area contributed by atoms with Gasteiger partial charge in [0.2, 0.25) is 5.91 Å². The smallest absolute Gasteiger partial charge is 0.251 e. The maximum absolute atomic E-state index is 12.2. The van der Waals surface area contributed by atoms with Crippen molar-refractivity contribution in [3.8, 4) is 0 Å². The summed E-state index contributed by atoms with van der Waals surface area (Å²) in [5.41, 5.74) is 0.568. The zero-order valence-corrected chi connectivity index (χ0v) is 13.4. The number of amides is 2. The van der Waals surface area contributed by atoms with Gasteiger partial charge in [0.05, 0.1) is 13.2 Å². The highest BCUT2D eigenvalue weighted by Gasteiger charge is 2.23. The Morgan fingerprint density at radius 1 is 1.26 bits per heavy atom. The Hall–Kier alpha value is -2.14. The van der Waals surface area contributed by atoms with Gasteiger partial charge in [0.1, 0.15) is 0 Å². The van der Waals surface area contributed by atoms with Crippen LogP contribution in [0.25, 0.3) is 0 Å². The predicted molar refractivity (Wildman–Crippen MR) is 89.1 cm³/mol. The number of hydrogen-bond donors (Lipinski definition) is 1. The van der Waals surface area contributed by atoms with Crippen LogP contribution < -0.4 is 5.32 Å². The number of nitrogens with zero attached hydrogens (tertiary/aromatic N) is 1. The van der Waals surface area contributed by atoms with E-state index in [1.807, 2.05) is 11.0 Å². The largest absolute Gasteiger partial charge is 0.377 e. The summed E-state index contributed by atoms with van der Waals surface area (Å²) in [7, 11) is 0. The van der Waals surface area contributed by atoms with Crippen molar-refractivity contribution in [2.75, 3.05) is 32.8 Å². The van der Waals surface area contributed by atoms with E-state index in [1.54, 1.807) is 30.3 Å². The predicted octanol–water partition coefficient (Wildman–Crippen LogP) is 1.86. The summed E-state index contributed by atoms with van der Waals surface area (Å²) in [6, 6.07) is 8.92. The zero-order valence-electron chi connectivity index (χ0n) is 13.4. The highest BCUT2D eigenvalue weighted by Crippen LogP contribution is 2.17. The van der Waals surface area contributed by atoms with E-state index >= 15 is 0 Å². The monoisotopic (exact) mass is 316 g/mol. The van der Waals surface area contributed by atoms with Gasteiger partial charge in [0, 0.05) is 25.3 Å². The molecule has 1 N–H and O–H groups in total. The van der Waals surface area contributed by atoms with Gasteiger partial charge in [-0.25, -0.2) is 0 Å². The number of likely N-dealkylation sites (tertiary alicyclic amines) is 1. The molecule has 1 aliphatic rings. The Balaban J connectivity index is 1.69. The van der Waals surface area contributed by atoms with Crippen molar-refractivity contribution in [2.45, 2.75) is 12.8 Å². The molecule has 0 radical (unpaired) electrons. The molecule has 0 saturated carbocycles. The van der Waals surface area contributed by atoms with Crippen LogP contribution in [-0.4, -0.2) is 49.6 Å². The molecule has 5 nitrogen and oxygen atoms in total. The Morgan fingerprint density at radius 2 is 1.96 bits per heavy atom. The number of piperidine rings is 1. The standard InChI is InChI=1S/C18H24N2O3/c1-2-12-23-14-15-8-10-20(11-9-15)17(21)13-19-18(22)16-6-4-3-5-7-16/h2-7,15H,1,8-14H2,(H,19,22). The fourth-order valence-corrected chi connectivity index (χ4v) is 2.63. The van der Waals surface area contributed by atoms with Gasteiger partial charge in [-0.15, -0.1) is 6.58 Å². The van der Waals surface area contributed by atoms with E-state index in [2.05, 4.69) is 11.9 Å². The van der Waals surface area contributed by atoms with Gasteiger partial charge in [-0.3, -0.25) is 9.59 Å². The normalized spacial score (nSPS) is 15.2. The van der Waals surface area contributed by atoms with Gasteiger partial charge < -0.3 is 15.0 Å². The summed E-state index contributed by atoms with van der Waals surface area (Å²) < 4.78 is 5.47. The van der Waals surface area contributed by atoms with E-state index in [0.717, 1.165) is 32.5 Å². The van der Waals surface area contributed by atoms with Gasteiger partial charge in [-0.2, -0.15) is 0 Å². The number of rotatable bonds is 7. The zero-order chi connectivity index (χ0) is 16.5. The average molecular weight is 316 g/mol. The van der Waals surface area contributed by atoms with Crippen LogP contribution in [0.2, 0.25) is 0 Å². The third-order valence-electron chi connectivity index (χ3n) is 3.99. The molecule has 0 aromatic heterocycles. The Labute approximate surface area is 137 Å². The van der Waals surface area contributed by atoms with Crippen LogP contribution in [0.3, 0.4) is 0 Å². The number of ether oxygens (including phenoxy) is 1.